The number of rotatable bonds is 3. The summed E-state index contributed by atoms with van der Waals surface area (Å²) in [6.45, 7) is 6.87. The quantitative estimate of drug-likeness (QED) is 0.555. The van der Waals surface area contributed by atoms with E-state index in [-0.39, 0.29) is 0 Å². The van der Waals surface area contributed by atoms with Gasteiger partial charge < -0.3 is 15.2 Å². The topological polar surface area (TPSA) is 78.6 Å². The lowest BCUT2D eigenvalue weighted by molar-refractivity contribution is -0.177. The Morgan fingerprint density at radius 3 is 2.07 bits per heavy atom. The second-order valence-electron chi connectivity index (χ2n) is 3.93. The minimum Gasteiger partial charge on any atom is -0.425 e. The zero-order valence-corrected chi connectivity index (χ0v) is 8.99. The Balaban J connectivity index is 4.19. The van der Waals surface area contributed by atoms with Crippen LogP contribution < -0.4 is 5.73 Å². The monoisotopic (exact) mass is 203 g/mol. The highest BCUT2D eigenvalue weighted by molar-refractivity contribution is 5.75. The van der Waals surface area contributed by atoms with Crippen molar-refractivity contribution in [2.45, 2.75) is 40.4 Å². The summed E-state index contributed by atoms with van der Waals surface area (Å²) in [7, 11) is 0. The summed E-state index contributed by atoms with van der Waals surface area (Å²) < 4.78 is 9.47. The number of nitrogens with two attached hydrogens (primary N) is 1. The van der Waals surface area contributed by atoms with Crippen molar-refractivity contribution >= 4 is 12.1 Å². The van der Waals surface area contributed by atoms with E-state index >= 15 is 0 Å². The van der Waals surface area contributed by atoms with E-state index in [4.69, 9.17) is 10.5 Å². The summed E-state index contributed by atoms with van der Waals surface area (Å²) in [4.78, 5) is 21.8. The van der Waals surface area contributed by atoms with Gasteiger partial charge in [-0.1, -0.05) is 6.92 Å². The number of amides is 1. The van der Waals surface area contributed by atoms with Crippen LogP contribution in [0.1, 0.15) is 34.1 Å². The molecule has 2 N–H and O–H groups in total. The Bertz CT molecular complexity index is 219. The smallest absolute Gasteiger partial charge is 0.407 e. The third-order valence-corrected chi connectivity index (χ3v) is 1.43. The van der Waals surface area contributed by atoms with Crippen LogP contribution in [-0.2, 0) is 14.3 Å². The molecule has 0 heterocycles. The van der Waals surface area contributed by atoms with Gasteiger partial charge in [-0.2, -0.15) is 0 Å². The van der Waals surface area contributed by atoms with Gasteiger partial charge in [-0.25, -0.2) is 4.79 Å². The average molecular weight is 203 g/mol. The number of ether oxygens (including phenoxy) is 2. The lowest BCUT2D eigenvalue weighted by Gasteiger charge is -2.21. The van der Waals surface area contributed by atoms with E-state index < -0.39 is 23.8 Å². The van der Waals surface area contributed by atoms with Gasteiger partial charge in [0.15, 0.2) is 0 Å². The molecule has 0 aliphatic rings. The van der Waals surface area contributed by atoms with E-state index in [0.29, 0.717) is 6.42 Å². The fourth-order valence-corrected chi connectivity index (χ4v) is 0.616. The van der Waals surface area contributed by atoms with Gasteiger partial charge >= 0.3 is 12.1 Å². The van der Waals surface area contributed by atoms with Crippen LogP contribution in [0.3, 0.4) is 0 Å². The molecule has 14 heavy (non-hydrogen) atoms. The molecule has 0 aromatic carbocycles. The SMILES string of the molecule is CCC(OC(N)=O)OC(=O)C(C)(C)C. The molecule has 0 radical (unpaired) electrons. The lowest BCUT2D eigenvalue weighted by atomic mass is 9.97. The van der Waals surface area contributed by atoms with E-state index in [9.17, 15) is 9.59 Å². The fraction of sp³-hybridized carbons (Fsp3) is 0.778. The average Bonchev–Trinajstić information content (AvgIpc) is 2.00. The molecule has 0 saturated carbocycles. The van der Waals surface area contributed by atoms with Crippen LogP contribution in [-0.4, -0.2) is 18.4 Å². The molecule has 5 heteroatoms. The Morgan fingerprint density at radius 2 is 1.79 bits per heavy atom. The van der Waals surface area contributed by atoms with Crippen molar-refractivity contribution in [2.24, 2.45) is 11.1 Å². The van der Waals surface area contributed by atoms with Crippen molar-refractivity contribution in [3.05, 3.63) is 0 Å². The summed E-state index contributed by atoms with van der Waals surface area (Å²) in [5, 5.41) is 0. The van der Waals surface area contributed by atoms with Crippen LogP contribution in [0.25, 0.3) is 0 Å². The van der Waals surface area contributed by atoms with E-state index in [2.05, 4.69) is 4.74 Å². The zero-order valence-electron chi connectivity index (χ0n) is 8.99. The molecule has 0 spiro atoms. The van der Waals surface area contributed by atoms with Crippen molar-refractivity contribution in [1.29, 1.82) is 0 Å². The molecule has 0 bridgehead atoms. The number of carbonyl (C=O) groups excluding carboxylic acids is 2. The maximum absolute atomic E-state index is 11.4. The maximum Gasteiger partial charge on any atom is 0.407 e. The third kappa shape index (κ3) is 4.69. The number of carbonyl (C=O) groups is 2. The van der Waals surface area contributed by atoms with Gasteiger partial charge in [0.05, 0.1) is 5.41 Å². The van der Waals surface area contributed by atoms with Gasteiger partial charge in [-0.3, -0.25) is 4.79 Å². The number of hydrogen-bond acceptors (Lipinski definition) is 4. The van der Waals surface area contributed by atoms with Crippen LogP contribution >= 0.6 is 0 Å². The summed E-state index contributed by atoms with van der Waals surface area (Å²) in [6, 6.07) is 0. The minimum absolute atomic E-state index is 0.380. The fourth-order valence-electron chi connectivity index (χ4n) is 0.616. The largest absolute Gasteiger partial charge is 0.425 e. The number of esters is 1. The second-order valence-corrected chi connectivity index (χ2v) is 3.93. The minimum atomic E-state index is -0.946. The van der Waals surface area contributed by atoms with Crippen LogP contribution in [0.2, 0.25) is 0 Å². The first-order chi connectivity index (χ1) is 6.27. The van der Waals surface area contributed by atoms with Gasteiger partial charge in [0, 0.05) is 6.42 Å². The van der Waals surface area contributed by atoms with Crippen molar-refractivity contribution < 1.29 is 19.1 Å². The third-order valence-electron chi connectivity index (χ3n) is 1.43. The Morgan fingerprint density at radius 1 is 1.29 bits per heavy atom. The molecule has 0 aromatic rings. The highest BCUT2D eigenvalue weighted by atomic mass is 16.7. The van der Waals surface area contributed by atoms with Gasteiger partial charge in [0.2, 0.25) is 6.29 Å². The maximum atomic E-state index is 11.4. The van der Waals surface area contributed by atoms with E-state index in [1.807, 2.05) is 0 Å². The summed E-state index contributed by atoms with van der Waals surface area (Å²) in [5.41, 5.74) is 4.18. The highest BCUT2D eigenvalue weighted by Crippen LogP contribution is 2.17. The van der Waals surface area contributed by atoms with E-state index in [1.165, 1.54) is 0 Å². The molecular formula is C9H17NO4. The first-order valence-electron chi connectivity index (χ1n) is 4.44. The molecule has 0 aliphatic heterocycles. The second kappa shape index (κ2) is 4.83. The molecule has 1 atom stereocenters. The predicted octanol–water partition coefficient (Wildman–Crippen LogP) is 1.41. The molecule has 0 aromatic heterocycles. The first-order valence-corrected chi connectivity index (χ1v) is 4.44. The molecule has 5 nitrogen and oxygen atoms in total. The van der Waals surface area contributed by atoms with Crippen molar-refractivity contribution in [1.82, 2.24) is 0 Å². The highest BCUT2D eigenvalue weighted by Gasteiger charge is 2.26. The summed E-state index contributed by atoms with van der Waals surface area (Å²) in [5.74, 6) is -0.425. The predicted molar refractivity (Wildman–Crippen MR) is 50.3 cm³/mol. The Kier molecular flexibility index (Phi) is 4.40. The van der Waals surface area contributed by atoms with Crippen LogP contribution in [0, 0.1) is 5.41 Å². The van der Waals surface area contributed by atoms with Gasteiger partial charge in [-0.05, 0) is 20.8 Å². The van der Waals surface area contributed by atoms with Crippen LogP contribution in [0.4, 0.5) is 4.79 Å². The molecule has 0 fully saturated rings. The van der Waals surface area contributed by atoms with Crippen molar-refractivity contribution in [2.75, 3.05) is 0 Å². The molecule has 0 rings (SSSR count). The molecule has 1 unspecified atom stereocenters. The molecule has 82 valence electrons. The lowest BCUT2D eigenvalue weighted by Crippen LogP contribution is -2.32. The number of primary amides is 1. The normalized spacial score (nSPS) is 13.1. The first kappa shape index (κ1) is 12.7. The summed E-state index contributed by atoms with van der Waals surface area (Å²) >= 11 is 0. The molecule has 0 saturated heterocycles. The van der Waals surface area contributed by atoms with Crippen LogP contribution in [0.15, 0.2) is 0 Å². The standard InChI is InChI=1S/C9H17NO4/c1-5-6(14-8(10)12)13-7(11)9(2,3)4/h6H,5H2,1-4H3,(H2,10,12). The van der Waals surface area contributed by atoms with Gasteiger partial charge in [0.1, 0.15) is 0 Å². The number of hydrogen-bond donors (Lipinski definition) is 1. The van der Waals surface area contributed by atoms with Crippen molar-refractivity contribution in [3.63, 3.8) is 0 Å². The Hall–Kier alpha value is -1.26. The van der Waals surface area contributed by atoms with Crippen LogP contribution in [0.5, 0.6) is 0 Å². The van der Waals surface area contributed by atoms with Gasteiger partial charge in [-0.15, -0.1) is 0 Å². The van der Waals surface area contributed by atoms with Gasteiger partial charge in [0.25, 0.3) is 0 Å². The molecule has 0 aliphatic carbocycles. The van der Waals surface area contributed by atoms with E-state index in [1.54, 1.807) is 27.7 Å². The zero-order chi connectivity index (χ0) is 11.4. The van der Waals surface area contributed by atoms with E-state index in [0.717, 1.165) is 0 Å². The molecular weight excluding hydrogens is 186 g/mol. The Labute approximate surface area is 83.5 Å². The van der Waals surface area contributed by atoms with Crippen molar-refractivity contribution in [3.8, 4) is 0 Å². The molecule has 1 amide bonds. The summed E-state index contributed by atoms with van der Waals surface area (Å²) in [6.07, 6.45) is -1.46.